The molecule has 2 aliphatic rings. The van der Waals surface area contributed by atoms with Crippen LogP contribution in [0.25, 0.3) is 0 Å². The van der Waals surface area contributed by atoms with E-state index in [1.807, 2.05) is 0 Å². The van der Waals surface area contributed by atoms with Gasteiger partial charge in [0, 0.05) is 32.3 Å². The molecule has 0 radical (unpaired) electrons. The Bertz CT molecular complexity index is 1020. The second-order valence-electron chi connectivity index (χ2n) is 7.29. The van der Waals surface area contributed by atoms with Gasteiger partial charge in [-0.1, -0.05) is 39.1 Å². The summed E-state index contributed by atoms with van der Waals surface area (Å²) in [4.78, 5) is 38.1. The number of carbonyl (C=O) groups is 3. The molecule has 162 valence electrons. The molecule has 0 aromatic heterocycles. The van der Waals surface area contributed by atoms with E-state index < -0.39 is 30.2 Å². The third-order valence-corrected chi connectivity index (χ3v) is 6.04. The molecule has 0 spiro atoms. The Balaban J connectivity index is 1.48. The minimum absolute atomic E-state index is 0.0827. The van der Waals surface area contributed by atoms with Crippen LogP contribution in [0.5, 0.6) is 0 Å². The molecule has 4 unspecified atom stereocenters. The van der Waals surface area contributed by atoms with E-state index in [2.05, 4.69) is 42.5 Å². The van der Waals surface area contributed by atoms with Crippen LogP contribution in [0.15, 0.2) is 46.9 Å². The quantitative estimate of drug-likeness (QED) is 0.420. The van der Waals surface area contributed by atoms with E-state index in [4.69, 9.17) is 23.2 Å². The maximum absolute atomic E-state index is 12.9. The number of fused-ring (bicyclic) bond motifs is 1. The Morgan fingerprint density at radius 2 is 1.68 bits per heavy atom. The Labute approximate surface area is 196 Å². The molecule has 3 amide bonds. The number of carbonyl (C=O) groups excluding carboxylic acids is 3. The zero-order chi connectivity index (χ0) is 22.1. The lowest BCUT2D eigenvalue weighted by Crippen LogP contribution is -2.72. The van der Waals surface area contributed by atoms with Gasteiger partial charge in [-0.25, -0.2) is 0 Å². The monoisotopic (exact) mass is 525 g/mol. The summed E-state index contributed by atoms with van der Waals surface area (Å²) < 4.78 is 0.873. The van der Waals surface area contributed by atoms with Crippen LogP contribution in [0, 0.1) is 11.8 Å². The number of benzene rings is 2. The van der Waals surface area contributed by atoms with Gasteiger partial charge in [0.1, 0.15) is 0 Å². The molecule has 8 nitrogen and oxygen atoms in total. The van der Waals surface area contributed by atoms with E-state index in [1.165, 1.54) is 0 Å². The van der Waals surface area contributed by atoms with Gasteiger partial charge in [0.25, 0.3) is 0 Å². The summed E-state index contributed by atoms with van der Waals surface area (Å²) in [7, 11) is 0. The fourth-order valence-corrected chi connectivity index (χ4v) is 4.52. The molecule has 2 heterocycles. The molecule has 0 saturated carbocycles. The molecule has 0 aliphatic carbocycles. The first-order chi connectivity index (χ1) is 14.8. The number of hydrogen-bond acceptors (Lipinski definition) is 5. The van der Waals surface area contributed by atoms with Gasteiger partial charge in [-0.15, -0.1) is 0 Å². The third kappa shape index (κ3) is 5.12. The molecule has 2 aromatic carbocycles. The van der Waals surface area contributed by atoms with Gasteiger partial charge in [-0.05, 0) is 42.5 Å². The number of hydrogen-bond donors (Lipinski definition) is 5. The number of halogens is 3. The minimum Gasteiger partial charge on any atom is -0.353 e. The van der Waals surface area contributed by atoms with Crippen molar-refractivity contribution in [2.45, 2.75) is 18.9 Å². The predicted octanol–water partition coefficient (Wildman–Crippen LogP) is 2.89. The number of piperidine rings is 1. The topological polar surface area (TPSA) is 111 Å². The molecular formula is C20H18BrCl2N5O3. The normalized spacial score (nSPS) is 25.1. The Hall–Kier alpha value is -2.33. The first kappa shape index (κ1) is 21.9. The minimum atomic E-state index is -0.823. The van der Waals surface area contributed by atoms with E-state index >= 15 is 0 Å². The highest BCUT2D eigenvalue weighted by Crippen LogP contribution is 2.29. The Kier molecular flexibility index (Phi) is 6.38. The summed E-state index contributed by atoms with van der Waals surface area (Å²) in [6.45, 7) is 0. The summed E-state index contributed by atoms with van der Waals surface area (Å²) in [6, 6.07) is 11.9. The van der Waals surface area contributed by atoms with E-state index in [-0.39, 0.29) is 18.2 Å². The molecule has 11 heteroatoms. The van der Waals surface area contributed by atoms with Crippen molar-refractivity contribution in [3.05, 3.63) is 57.0 Å². The van der Waals surface area contributed by atoms with Crippen LogP contribution in [-0.4, -0.2) is 30.2 Å². The number of rotatable bonds is 4. The molecule has 4 atom stereocenters. The van der Waals surface area contributed by atoms with Crippen molar-refractivity contribution in [3.63, 3.8) is 0 Å². The van der Waals surface area contributed by atoms with Crippen molar-refractivity contribution >= 4 is 68.2 Å². The summed E-state index contributed by atoms with van der Waals surface area (Å²) in [6.07, 6.45) is -1.50. The van der Waals surface area contributed by atoms with Gasteiger partial charge < -0.3 is 21.3 Å². The van der Waals surface area contributed by atoms with Crippen molar-refractivity contribution in [2.75, 3.05) is 10.6 Å². The van der Waals surface area contributed by atoms with Crippen LogP contribution in [0.4, 0.5) is 11.4 Å². The zero-order valence-electron chi connectivity index (χ0n) is 15.9. The second kappa shape index (κ2) is 9.04. The number of amides is 3. The first-order valence-corrected chi connectivity index (χ1v) is 11.0. The van der Waals surface area contributed by atoms with Crippen LogP contribution < -0.4 is 26.6 Å². The second-order valence-corrected chi connectivity index (χ2v) is 9.08. The average molecular weight is 527 g/mol. The van der Waals surface area contributed by atoms with Crippen LogP contribution in [0.3, 0.4) is 0 Å². The molecule has 2 aliphatic heterocycles. The van der Waals surface area contributed by atoms with Gasteiger partial charge in [0.15, 0.2) is 6.29 Å². The number of nitrogens with one attached hydrogen (secondary N) is 5. The van der Waals surface area contributed by atoms with Gasteiger partial charge in [0.2, 0.25) is 17.7 Å². The van der Waals surface area contributed by atoms with Gasteiger partial charge in [-0.2, -0.15) is 0 Å². The van der Waals surface area contributed by atoms with Crippen molar-refractivity contribution in [2.24, 2.45) is 11.8 Å². The van der Waals surface area contributed by atoms with Gasteiger partial charge in [0.05, 0.1) is 18.0 Å². The molecule has 4 rings (SSSR count). The molecule has 5 N–H and O–H groups in total. The van der Waals surface area contributed by atoms with Crippen LogP contribution >= 0.6 is 39.1 Å². The SMILES string of the molecule is O=C1CC(C(=O)Nc2ccc(Br)cc2)C2C(=O)NC(Nc3cc(Cl)cc(Cl)c3)NC2N1. The van der Waals surface area contributed by atoms with E-state index in [0.29, 0.717) is 21.4 Å². The Morgan fingerprint density at radius 3 is 2.35 bits per heavy atom. The largest absolute Gasteiger partial charge is 0.353 e. The summed E-state index contributed by atoms with van der Waals surface area (Å²) in [5.74, 6) is -2.66. The lowest BCUT2D eigenvalue weighted by atomic mass is 9.81. The highest BCUT2D eigenvalue weighted by atomic mass is 79.9. The van der Waals surface area contributed by atoms with Crippen molar-refractivity contribution in [1.29, 1.82) is 0 Å². The van der Waals surface area contributed by atoms with Crippen LogP contribution in [-0.2, 0) is 14.4 Å². The first-order valence-electron chi connectivity index (χ1n) is 9.43. The molecule has 2 fully saturated rings. The van der Waals surface area contributed by atoms with E-state index in [0.717, 1.165) is 4.47 Å². The fourth-order valence-electron chi connectivity index (χ4n) is 3.73. The maximum atomic E-state index is 12.9. The van der Waals surface area contributed by atoms with Crippen molar-refractivity contribution in [3.8, 4) is 0 Å². The fraction of sp³-hybridized carbons (Fsp3) is 0.250. The molecule has 2 aromatic rings. The smallest absolute Gasteiger partial charge is 0.229 e. The lowest BCUT2D eigenvalue weighted by molar-refractivity contribution is -0.144. The summed E-state index contributed by atoms with van der Waals surface area (Å²) in [5, 5.41) is 15.4. The average Bonchev–Trinajstić information content (AvgIpc) is 2.68. The van der Waals surface area contributed by atoms with E-state index in [1.54, 1.807) is 42.5 Å². The highest BCUT2D eigenvalue weighted by molar-refractivity contribution is 9.10. The summed E-state index contributed by atoms with van der Waals surface area (Å²) in [5.41, 5.74) is 1.16. The van der Waals surface area contributed by atoms with Crippen molar-refractivity contribution in [1.82, 2.24) is 16.0 Å². The van der Waals surface area contributed by atoms with Gasteiger partial charge >= 0.3 is 0 Å². The third-order valence-electron chi connectivity index (χ3n) is 5.07. The maximum Gasteiger partial charge on any atom is 0.229 e. The standard InChI is InChI=1S/C20H18BrCl2N5O3/c21-9-1-3-12(4-2-9)24-18(30)14-8-15(29)26-17-16(14)19(31)28-20(27-17)25-13-6-10(22)5-11(23)7-13/h1-7,14,16-17,20,25,27H,8H2,(H,24,30)(H,26,29)(H,28,31). The number of anilines is 2. The molecular weight excluding hydrogens is 509 g/mol. The van der Waals surface area contributed by atoms with Gasteiger partial charge in [-0.3, -0.25) is 19.7 Å². The Morgan fingerprint density at radius 1 is 1.00 bits per heavy atom. The molecule has 0 bridgehead atoms. The van der Waals surface area contributed by atoms with Crippen LogP contribution in [0.1, 0.15) is 6.42 Å². The molecule has 31 heavy (non-hydrogen) atoms. The lowest BCUT2D eigenvalue weighted by Gasteiger charge is -2.43. The molecule has 2 saturated heterocycles. The highest BCUT2D eigenvalue weighted by Gasteiger charge is 2.48. The summed E-state index contributed by atoms with van der Waals surface area (Å²) >= 11 is 15.4. The van der Waals surface area contributed by atoms with Crippen molar-refractivity contribution < 1.29 is 14.4 Å². The van der Waals surface area contributed by atoms with Crippen LogP contribution in [0.2, 0.25) is 10.0 Å². The predicted molar refractivity (Wildman–Crippen MR) is 121 cm³/mol. The van der Waals surface area contributed by atoms with E-state index in [9.17, 15) is 14.4 Å². The zero-order valence-corrected chi connectivity index (χ0v) is 19.0.